The molecule has 1 aliphatic carbocycles. The van der Waals surface area contributed by atoms with Crippen molar-refractivity contribution < 1.29 is 13.2 Å². The molecule has 27 heavy (non-hydrogen) atoms. The van der Waals surface area contributed by atoms with Crippen molar-refractivity contribution in [1.82, 2.24) is 19.5 Å². The Kier molecular flexibility index (Phi) is 7.60. The molecule has 0 radical (unpaired) electrons. The van der Waals surface area contributed by atoms with Crippen LogP contribution in [0.4, 0.5) is 0 Å². The van der Waals surface area contributed by atoms with Crippen LogP contribution < -0.4 is 15.2 Å². The highest BCUT2D eigenvalue weighted by Crippen LogP contribution is 2.25. The lowest BCUT2D eigenvalue weighted by molar-refractivity contribution is 0.289. The van der Waals surface area contributed by atoms with E-state index in [2.05, 4.69) is 14.8 Å². The van der Waals surface area contributed by atoms with Crippen LogP contribution in [0.2, 0.25) is 0 Å². The van der Waals surface area contributed by atoms with Gasteiger partial charge in [-0.3, -0.25) is 4.68 Å². The summed E-state index contributed by atoms with van der Waals surface area (Å²) in [5.74, 6) is 1.46. The molecule has 2 unspecified atom stereocenters. The number of nitrogens with one attached hydrogen (secondary N) is 1. The van der Waals surface area contributed by atoms with Crippen LogP contribution in [0.25, 0.3) is 0 Å². The normalized spacial score (nSPS) is 20.1. The Hall–Kier alpha value is -1.68. The van der Waals surface area contributed by atoms with Gasteiger partial charge in [-0.15, -0.1) is 12.4 Å². The number of hydrogen-bond acceptors (Lipinski definition) is 6. The zero-order valence-corrected chi connectivity index (χ0v) is 16.9. The van der Waals surface area contributed by atoms with Crippen molar-refractivity contribution in [3.63, 3.8) is 0 Å². The van der Waals surface area contributed by atoms with Gasteiger partial charge in [0.2, 0.25) is 10.0 Å². The molecule has 0 aliphatic heterocycles. The molecule has 1 aliphatic rings. The number of nitrogens with two attached hydrogens (primary N) is 1. The van der Waals surface area contributed by atoms with Crippen LogP contribution in [-0.2, 0) is 23.7 Å². The first-order valence-corrected chi connectivity index (χ1v) is 10.3. The molecule has 1 aromatic carbocycles. The van der Waals surface area contributed by atoms with Gasteiger partial charge in [0.25, 0.3) is 0 Å². The highest BCUT2D eigenvalue weighted by Gasteiger charge is 2.28. The van der Waals surface area contributed by atoms with Crippen molar-refractivity contribution in [2.45, 2.75) is 43.2 Å². The predicted octanol–water partition coefficient (Wildman–Crippen LogP) is 1.61. The Morgan fingerprint density at radius 2 is 1.96 bits per heavy atom. The second-order valence-electron chi connectivity index (χ2n) is 6.57. The third kappa shape index (κ3) is 5.41. The monoisotopic (exact) mass is 415 g/mol. The topological polar surface area (TPSA) is 112 Å². The smallest absolute Gasteiger partial charge is 0.240 e. The van der Waals surface area contributed by atoms with Crippen molar-refractivity contribution in [2.24, 2.45) is 18.7 Å². The number of benzene rings is 1. The fourth-order valence-electron chi connectivity index (χ4n) is 3.23. The molecule has 3 N–H and O–H groups in total. The molecule has 0 bridgehead atoms. The number of ether oxygens (including phenoxy) is 1. The maximum Gasteiger partial charge on any atom is 0.240 e. The molecule has 1 saturated carbocycles. The van der Waals surface area contributed by atoms with E-state index in [9.17, 15) is 8.42 Å². The summed E-state index contributed by atoms with van der Waals surface area (Å²) in [6.07, 6.45) is 5.40. The Bertz CT molecular complexity index is 825. The average molecular weight is 416 g/mol. The van der Waals surface area contributed by atoms with Crippen LogP contribution >= 0.6 is 12.4 Å². The SMILES string of the molecule is Cl.Cn1ncnc1COc1ccc(S(=O)(=O)NC2CCCCC2CN)cc1. The van der Waals surface area contributed by atoms with Gasteiger partial charge in [-0.05, 0) is 49.6 Å². The van der Waals surface area contributed by atoms with Gasteiger partial charge in [0, 0.05) is 13.1 Å². The van der Waals surface area contributed by atoms with Crippen molar-refractivity contribution >= 4 is 22.4 Å². The molecule has 150 valence electrons. The summed E-state index contributed by atoms with van der Waals surface area (Å²) in [4.78, 5) is 4.31. The summed E-state index contributed by atoms with van der Waals surface area (Å²) >= 11 is 0. The van der Waals surface area contributed by atoms with Gasteiger partial charge in [0.05, 0.1) is 4.90 Å². The number of aromatic nitrogens is 3. The Morgan fingerprint density at radius 3 is 2.59 bits per heavy atom. The first-order chi connectivity index (χ1) is 12.5. The highest BCUT2D eigenvalue weighted by molar-refractivity contribution is 7.89. The molecule has 0 amide bonds. The van der Waals surface area contributed by atoms with E-state index >= 15 is 0 Å². The maximum atomic E-state index is 12.6. The maximum absolute atomic E-state index is 12.6. The molecule has 3 rings (SSSR count). The molecule has 1 fully saturated rings. The van der Waals surface area contributed by atoms with E-state index in [1.807, 2.05) is 0 Å². The van der Waals surface area contributed by atoms with E-state index in [-0.39, 0.29) is 35.9 Å². The number of halogens is 1. The van der Waals surface area contributed by atoms with Gasteiger partial charge in [0.1, 0.15) is 18.7 Å². The van der Waals surface area contributed by atoms with Gasteiger partial charge in [-0.1, -0.05) is 12.8 Å². The Labute approximate surface area is 166 Å². The molecule has 0 spiro atoms. The van der Waals surface area contributed by atoms with Gasteiger partial charge >= 0.3 is 0 Å². The van der Waals surface area contributed by atoms with Gasteiger partial charge in [-0.25, -0.2) is 18.1 Å². The van der Waals surface area contributed by atoms with E-state index in [0.717, 1.165) is 25.7 Å². The number of sulfonamides is 1. The fraction of sp³-hybridized carbons (Fsp3) is 0.529. The fourth-order valence-corrected chi connectivity index (χ4v) is 4.57. The molecular formula is C17H26ClN5O3S. The van der Waals surface area contributed by atoms with Crippen molar-refractivity contribution in [3.8, 4) is 5.75 Å². The van der Waals surface area contributed by atoms with Crippen LogP contribution in [0.5, 0.6) is 5.75 Å². The first-order valence-electron chi connectivity index (χ1n) is 8.78. The van der Waals surface area contributed by atoms with E-state index in [1.54, 1.807) is 36.0 Å². The summed E-state index contributed by atoms with van der Waals surface area (Å²) in [6, 6.07) is 6.30. The molecule has 2 aromatic rings. The molecule has 1 aromatic heterocycles. The van der Waals surface area contributed by atoms with Crippen LogP contribution in [-0.4, -0.2) is 35.8 Å². The summed E-state index contributed by atoms with van der Waals surface area (Å²) in [5, 5.41) is 3.97. The molecule has 8 nitrogen and oxygen atoms in total. The Morgan fingerprint density at radius 1 is 1.26 bits per heavy atom. The molecule has 2 atom stereocenters. The number of aryl methyl sites for hydroxylation is 1. The molecule has 0 saturated heterocycles. The second-order valence-corrected chi connectivity index (χ2v) is 8.28. The van der Waals surface area contributed by atoms with Gasteiger partial charge in [-0.2, -0.15) is 5.10 Å². The minimum Gasteiger partial charge on any atom is -0.486 e. The van der Waals surface area contributed by atoms with Crippen molar-refractivity contribution in [3.05, 3.63) is 36.4 Å². The first kappa shape index (κ1) is 21.6. The van der Waals surface area contributed by atoms with Crippen LogP contribution in [0.15, 0.2) is 35.5 Å². The molecule has 1 heterocycles. The average Bonchev–Trinajstić information content (AvgIpc) is 3.05. The third-order valence-corrected chi connectivity index (χ3v) is 6.33. The standard InChI is InChI=1S/C17H25N5O3S.ClH/c1-22-17(19-12-20-22)11-25-14-6-8-15(9-7-14)26(23,24)21-16-5-3-2-4-13(16)10-18;/h6-9,12-13,16,21H,2-5,10-11,18H2,1H3;1H. The second kappa shape index (κ2) is 9.50. The lowest BCUT2D eigenvalue weighted by atomic mass is 9.85. The highest BCUT2D eigenvalue weighted by atomic mass is 35.5. The largest absolute Gasteiger partial charge is 0.486 e. The van der Waals surface area contributed by atoms with Gasteiger partial charge < -0.3 is 10.5 Å². The van der Waals surface area contributed by atoms with Crippen LogP contribution in [0.1, 0.15) is 31.5 Å². The number of rotatable bonds is 7. The summed E-state index contributed by atoms with van der Waals surface area (Å²) in [7, 11) is -1.79. The van der Waals surface area contributed by atoms with Crippen molar-refractivity contribution in [1.29, 1.82) is 0 Å². The zero-order chi connectivity index (χ0) is 18.6. The van der Waals surface area contributed by atoms with Gasteiger partial charge in [0.15, 0.2) is 5.82 Å². The summed E-state index contributed by atoms with van der Waals surface area (Å²) in [5.41, 5.74) is 5.79. The quantitative estimate of drug-likeness (QED) is 0.710. The molecule has 10 heteroatoms. The summed E-state index contributed by atoms with van der Waals surface area (Å²) < 4.78 is 35.4. The predicted molar refractivity (Wildman–Crippen MR) is 104 cm³/mol. The number of hydrogen-bond donors (Lipinski definition) is 2. The third-order valence-electron chi connectivity index (χ3n) is 4.83. The lowest BCUT2D eigenvalue weighted by Crippen LogP contribution is -2.44. The van der Waals surface area contributed by atoms with Crippen LogP contribution in [0, 0.1) is 5.92 Å². The van der Waals surface area contributed by atoms with Crippen LogP contribution in [0.3, 0.4) is 0 Å². The van der Waals surface area contributed by atoms with E-state index < -0.39 is 10.0 Å². The molecular weight excluding hydrogens is 390 g/mol. The van der Waals surface area contributed by atoms with E-state index in [0.29, 0.717) is 18.1 Å². The summed E-state index contributed by atoms with van der Waals surface area (Å²) in [6.45, 7) is 0.767. The Balaban J connectivity index is 0.00000261. The lowest BCUT2D eigenvalue weighted by Gasteiger charge is -2.31. The van der Waals surface area contributed by atoms with E-state index in [1.165, 1.54) is 6.33 Å². The van der Waals surface area contributed by atoms with E-state index in [4.69, 9.17) is 10.5 Å². The zero-order valence-electron chi connectivity index (χ0n) is 15.2. The minimum atomic E-state index is -3.57. The minimum absolute atomic E-state index is 0. The van der Waals surface area contributed by atoms with Crippen molar-refractivity contribution in [2.75, 3.05) is 6.54 Å². The number of nitrogens with zero attached hydrogens (tertiary/aromatic N) is 3.